The zero-order valence-corrected chi connectivity index (χ0v) is 14.7. The average molecular weight is 346 g/mol. The van der Waals surface area contributed by atoms with Crippen molar-refractivity contribution in [1.29, 1.82) is 5.26 Å². The molecule has 0 saturated heterocycles. The summed E-state index contributed by atoms with van der Waals surface area (Å²) >= 11 is 0. The van der Waals surface area contributed by atoms with E-state index in [0.29, 0.717) is 25.9 Å². The van der Waals surface area contributed by atoms with Gasteiger partial charge in [-0.2, -0.15) is 5.26 Å². The molecule has 26 heavy (non-hydrogen) atoms. The standard InChI is InChI=1S/C21H22N4O/c22-11-5-13-25(16-17-6-4-12-23-14-17)21(26)10-3-7-18-15-24-20-9-2-1-8-19(18)20/h1-2,4,6,8-9,12,14-15,24H,3,5,7,10,13,16H2. The molecule has 0 radical (unpaired) electrons. The largest absolute Gasteiger partial charge is 0.361 e. The number of hydrogen-bond acceptors (Lipinski definition) is 3. The molecule has 2 aromatic heterocycles. The normalized spacial score (nSPS) is 10.6. The molecule has 0 bridgehead atoms. The number of aromatic amines is 1. The van der Waals surface area contributed by atoms with Crippen LogP contribution in [0.1, 0.15) is 30.4 Å². The number of pyridine rings is 1. The minimum atomic E-state index is 0.0870. The highest BCUT2D eigenvalue weighted by molar-refractivity contribution is 5.83. The highest BCUT2D eigenvalue weighted by Crippen LogP contribution is 2.19. The fourth-order valence-electron chi connectivity index (χ4n) is 3.12. The third-order valence-corrected chi connectivity index (χ3v) is 4.45. The van der Waals surface area contributed by atoms with E-state index in [1.165, 1.54) is 10.9 Å². The molecule has 0 unspecified atom stereocenters. The van der Waals surface area contributed by atoms with Gasteiger partial charge in [0, 0.05) is 49.0 Å². The Balaban J connectivity index is 1.57. The number of H-pyrrole nitrogens is 1. The number of nitrogens with zero attached hydrogens (tertiary/aromatic N) is 3. The molecule has 0 fully saturated rings. The van der Waals surface area contributed by atoms with Crippen LogP contribution in [0.2, 0.25) is 0 Å². The van der Waals surface area contributed by atoms with Crippen LogP contribution in [-0.2, 0) is 17.8 Å². The number of carbonyl (C=O) groups is 1. The van der Waals surface area contributed by atoms with E-state index in [1.807, 2.05) is 30.5 Å². The molecule has 0 aliphatic rings. The summed E-state index contributed by atoms with van der Waals surface area (Å²) in [6.07, 6.45) is 7.97. The molecule has 0 aliphatic carbocycles. The Morgan fingerprint density at radius 1 is 1.23 bits per heavy atom. The lowest BCUT2D eigenvalue weighted by Gasteiger charge is -2.21. The van der Waals surface area contributed by atoms with Crippen LogP contribution in [0.3, 0.4) is 0 Å². The Bertz CT molecular complexity index is 895. The first kappa shape index (κ1) is 17.7. The summed E-state index contributed by atoms with van der Waals surface area (Å²) in [5, 5.41) is 10.1. The first-order chi connectivity index (χ1) is 12.8. The number of amides is 1. The molecule has 5 nitrogen and oxygen atoms in total. The van der Waals surface area contributed by atoms with Gasteiger partial charge in [-0.3, -0.25) is 9.78 Å². The van der Waals surface area contributed by atoms with Gasteiger partial charge in [0.05, 0.1) is 12.5 Å². The molecule has 0 saturated carbocycles. The monoisotopic (exact) mass is 346 g/mol. The summed E-state index contributed by atoms with van der Waals surface area (Å²) in [6.45, 7) is 0.957. The van der Waals surface area contributed by atoms with E-state index in [4.69, 9.17) is 5.26 Å². The van der Waals surface area contributed by atoms with Crippen LogP contribution in [0.15, 0.2) is 55.0 Å². The zero-order valence-electron chi connectivity index (χ0n) is 14.7. The van der Waals surface area contributed by atoms with Crippen molar-refractivity contribution in [3.8, 4) is 6.07 Å². The predicted octanol–water partition coefficient (Wildman–Crippen LogP) is 3.83. The van der Waals surface area contributed by atoms with Crippen LogP contribution < -0.4 is 0 Å². The van der Waals surface area contributed by atoms with Crippen molar-refractivity contribution < 1.29 is 4.79 Å². The number of hydrogen-bond donors (Lipinski definition) is 1. The Kier molecular flexibility index (Phi) is 6.00. The Labute approximate surface area is 153 Å². The number of benzene rings is 1. The lowest BCUT2D eigenvalue weighted by Crippen LogP contribution is -2.31. The van der Waals surface area contributed by atoms with Crippen LogP contribution >= 0.6 is 0 Å². The van der Waals surface area contributed by atoms with Gasteiger partial charge in [0.1, 0.15) is 0 Å². The van der Waals surface area contributed by atoms with Gasteiger partial charge in [-0.1, -0.05) is 24.3 Å². The Morgan fingerprint density at radius 3 is 2.92 bits per heavy atom. The van der Waals surface area contributed by atoms with Crippen molar-refractivity contribution in [2.24, 2.45) is 0 Å². The molecule has 3 rings (SSSR count). The Morgan fingerprint density at radius 2 is 2.12 bits per heavy atom. The van der Waals surface area contributed by atoms with E-state index < -0.39 is 0 Å². The van der Waals surface area contributed by atoms with Crippen molar-refractivity contribution in [1.82, 2.24) is 14.9 Å². The minimum Gasteiger partial charge on any atom is -0.361 e. The summed E-state index contributed by atoms with van der Waals surface area (Å²) in [4.78, 5) is 21.8. The van der Waals surface area contributed by atoms with Gasteiger partial charge in [0.2, 0.25) is 5.91 Å². The smallest absolute Gasteiger partial charge is 0.222 e. The van der Waals surface area contributed by atoms with Crippen LogP contribution in [0.25, 0.3) is 10.9 Å². The first-order valence-corrected chi connectivity index (χ1v) is 8.86. The van der Waals surface area contributed by atoms with Gasteiger partial charge in [0.15, 0.2) is 0 Å². The molecule has 132 valence electrons. The summed E-state index contributed by atoms with van der Waals surface area (Å²) in [6, 6.07) is 14.1. The Hall–Kier alpha value is -3.13. The molecule has 0 aliphatic heterocycles. The van der Waals surface area contributed by atoms with E-state index in [0.717, 1.165) is 23.9 Å². The molecule has 0 spiro atoms. The maximum atomic E-state index is 12.6. The van der Waals surface area contributed by atoms with Crippen molar-refractivity contribution >= 4 is 16.8 Å². The second kappa shape index (κ2) is 8.82. The number of fused-ring (bicyclic) bond motifs is 1. The lowest BCUT2D eigenvalue weighted by molar-refractivity contribution is -0.131. The number of aryl methyl sites for hydroxylation is 1. The summed E-state index contributed by atoms with van der Waals surface area (Å²) in [7, 11) is 0. The van der Waals surface area contributed by atoms with E-state index in [1.54, 1.807) is 17.3 Å². The van der Waals surface area contributed by atoms with E-state index in [2.05, 4.69) is 28.2 Å². The zero-order chi connectivity index (χ0) is 18.2. The number of nitriles is 1. The molecular weight excluding hydrogens is 324 g/mol. The molecule has 2 heterocycles. The van der Waals surface area contributed by atoms with E-state index in [-0.39, 0.29) is 5.91 Å². The van der Waals surface area contributed by atoms with E-state index in [9.17, 15) is 4.79 Å². The van der Waals surface area contributed by atoms with Gasteiger partial charge >= 0.3 is 0 Å². The van der Waals surface area contributed by atoms with E-state index >= 15 is 0 Å². The summed E-state index contributed by atoms with van der Waals surface area (Å²) in [5.41, 5.74) is 3.35. The van der Waals surface area contributed by atoms with Gasteiger partial charge < -0.3 is 9.88 Å². The average Bonchev–Trinajstić information content (AvgIpc) is 3.09. The van der Waals surface area contributed by atoms with Gasteiger partial charge in [-0.05, 0) is 36.1 Å². The van der Waals surface area contributed by atoms with Crippen LogP contribution in [0, 0.1) is 11.3 Å². The van der Waals surface area contributed by atoms with Crippen LogP contribution in [0.5, 0.6) is 0 Å². The van der Waals surface area contributed by atoms with Crippen LogP contribution in [-0.4, -0.2) is 27.3 Å². The van der Waals surface area contributed by atoms with Crippen molar-refractivity contribution in [3.63, 3.8) is 0 Å². The highest BCUT2D eigenvalue weighted by atomic mass is 16.2. The SMILES string of the molecule is N#CCCN(Cc1cccnc1)C(=O)CCCc1c[nH]c2ccccc12. The maximum Gasteiger partial charge on any atom is 0.222 e. The molecule has 1 N–H and O–H groups in total. The van der Waals surface area contributed by atoms with Gasteiger partial charge in [0.25, 0.3) is 0 Å². The van der Waals surface area contributed by atoms with Crippen LogP contribution in [0.4, 0.5) is 0 Å². The van der Waals surface area contributed by atoms with Gasteiger partial charge in [-0.25, -0.2) is 0 Å². The number of nitrogens with one attached hydrogen (secondary N) is 1. The fourth-order valence-corrected chi connectivity index (χ4v) is 3.12. The van der Waals surface area contributed by atoms with Crippen molar-refractivity contribution in [3.05, 3.63) is 66.1 Å². The molecular formula is C21H22N4O. The third kappa shape index (κ3) is 4.48. The van der Waals surface area contributed by atoms with Crippen molar-refractivity contribution in [2.45, 2.75) is 32.2 Å². The molecule has 0 atom stereocenters. The van der Waals surface area contributed by atoms with Crippen molar-refractivity contribution in [2.75, 3.05) is 6.54 Å². The number of aromatic nitrogens is 2. The first-order valence-electron chi connectivity index (χ1n) is 8.86. The summed E-state index contributed by atoms with van der Waals surface area (Å²) < 4.78 is 0. The number of carbonyl (C=O) groups excluding carboxylic acids is 1. The fraction of sp³-hybridized carbons (Fsp3) is 0.286. The second-order valence-electron chi connectivity index (χ2n) is 6.30. The molecule has 3 aromatic rings. The minimum absolute atomic E-state index is 0.0870. The molecule has 5 heteroatoms. The third-order valence-electron chi connectivity index (χ3n) is 4.45. The summed E-state index contributed by atoms with van der Waals surface area (Å²) in [5.74, 6) is 0.0870. The number of rotatable bonds is 8. The van der Waals surface area contributed by atoms with Gasteiger partial charge in [-0.15, -0.1) is 0 Å². The highest BCUT2D eigenvalue weighted by Gasteiger charge is 2.14. The number of para-hydroxylation sites is 1. The predicted molar refractivity (Wildman–Crippen MR) is 101 cm³/mol. The quantitative estimate of drug-likeness (QED) is 0.674. The maximum absolute atomic E-state index is 12.6. The second-order valence-corrected chi connectivity index (χ2v) is 6.30. The lowest BCUT2D eigenvalue weighted by atomic mass is 10.1. The topological polar surface area (TPSA) is 72.8 Å². The molecule has 1 amide bonds. The molecule has 1 aromatic carbocycles.